The van der Waals surface area contributed by atoms with E-state index in [1.165, 1.54) is 17.3 Å². The number of sulfonamides is 1. The van der Waals surface area contributed by atoms with Gasteiger partial charge in [0, 0.05) is 38.4 Å². The summed E-state index contributed by atoms with van der Waals surface area (Å²) < 4.78 is 23.0. The van der Waals surface area contributed by atoms with E-state index in [2.05, 4.69) is 51.7 Å². The van der Waals surface area contributed by atoms with E-state index in [1.54, 1.807) is 19.2 Å². The van der Waals surface area contributed by atoms with Crippen LogP contribution in [-0.4, -0.2) is 40.6 Å². The van der Waals surface area contributed by atoms with Gasteiger partial charge in [-0.1, -0.05) is 29.8 Å². The van der Waals surface area contributed by atoms with Gasteiger partial charge in [0.2, 0.25) is 10.0 Å². The molecule has 9 heteroatoms. The lowest BCUT2D eigenvalue weighted by Gasteiger charge is -2.20. The number of aryl methyl sites for hydroxylation is 1. The third kappa shape index (κ3) is 6.58. The van der Waals surface area contributed by atoms with Gasteiger partial charge in [-0.05, 0) is 43.2 Å². The van der Waals surface area contributed by atoms with Crippen LogP contribution in [0.25, 0.3) is 0 Å². The summed E-state index contributed by atoms with van der Waals surface area (Å²) in [6, 6.07) is 15.5. The molecule has 1 aliphatic rings. The third-order valence-electron chi connectivity index (χ3n) is 4.84. The molecule has 29 heavy (non-hydrogen) atoms. The highest BCUT2D eigenvalue weighted by molar-refractivity contribution is 14.0. The molecule has 2 aromatic rings. The minimum atomic E-state index is -3.70. The van der Waals surface area contributed by atoms with Crippen LogP contribution >= 0.6 is 24.0 Å². The van der Waals surface area contributed by atoms with E-state index >= 15 is 0 Å². The lowest BCUT2D eigenvalue weighted by atomic mass is 10.2. The van der Waals surface area contributed by atoms with Gasteiger partial charge in [0.1, 0.15) is 0 Å². The van der Waals surface area contributed by atoms with Crippen molar-refractivity contribution in [2.75, 3.05) is 25.0 Å². The molecule has 1 saturated heterocycles. The Kier molecular flexibility index (Phi) is 8.29. The van der Waals surface area contributed by atoms with E-state index in [0.717, 1.165) is 25.1 Å². The average Bonchev–Trinajstić information content (AvgIpc) is 3.14. The molecule has 1 atom stereocenters. The molecule has 0 aliphatic carbocycles. The van der Waals surface area contributed by atoms with Crippen LogP contribution in [0.1, 0.15) is 17.5 Å². The number of rotatable bonds is 5. The van der Waals surface area contributed by atoms with Crippen LogP contribution in [-0.2, 0) is 16.6 Å². The average molecular weight is 529 g/mol. The fourth-order valence-corrected chi connectivity index (χ4v) is 3.86. The molecular weight excluding hydrogens is 501 g/mol. The van der Waals surface area contributed by atoms with E-state index in [-0.39, 0.29) is 28.9 Å². The van der Waals surface area contributed by atoms with Crippen molar-refractivity contribution in [1.29, 1.82) is 0 Å². The van der Waals surface area contributed by atoms with E-state index in [9.17, 15) is 8.42 Å². The normalized spacial score (nSPS) is 17.0. The number of anilines is 1. The van der Waals surface area contributed by atoms with Crippen LogP contribution in [0, 0.1) is 6.92 Å². The van der Waals surface area contributed by atoms with Gasteiger partial charge >= 0.3 is 0 Å². The van der Waals surface area contributed by atoms with Crippen molar-refractivity contribution in [2.24, 2.45) is 10.1 Å². The second-order valence-corrected chi connectivity index (χ2v) is 8.59. The van der Waals surface area contributed by atoms with Gasteiger partial charge in [-0.3, -0.25) is 4.99 Å². The lowest BCUT2D eigenvalue weighted by molar-refractivity contribution is 0.597. The Balaban J connectivity index is 0.00000300. The minimum absolute atomic E-state index is 0. The van der Waals surface area contributed by atoms with Crippen molar-refractivity contribution in [3.8, 4) is 0 Å². The molecule has 3 rings (SSSR count). The Morgan fingerprint density at radius 3 is 2.62 bits per heavy atom. The fraction of sp³-hybridized carbons (Fsp3) is 0.350. The number of benzene rings is 2. The quantitative estimate of drug-likeness (QED) is 0.314. The number of halogens is 1. The molecule has 1 aliphatic heterocycles. The maximum Gasteiger partial charge on any atom is 0.238 e. The van der Waals surface area contributed by atoms with Crippen molar-refractivity contribution in [3.63, 3.8) is 0 Å². The standard InChI is InChI=1S/C20H27N5O2S.HI/c1-15-6-8-18(9-7-15)25-11-10-17(14-25)24-20(22-2)23-13-16-4-3-5-19(12-16)28(21,26)27;/h3-9,12,17H,10-11,13-14H2,1-2H3,(H2,21,26,27)(H2,22,23,24);1H. The van der Waals surface area contributed by atoms with Crippen LogP contribution in [0.2, 0.25) is 0 Å². The van der Waals surface area contributed by atoms with E-state index in [1.807, 2.05) is 6.07 Å². The predicted octanol–water partition coefficient (Wildman–Crippen LogP) is 2.20. The van der Waals surface area contributed by atoms with E-state index in [0.29, 0.717) is 18.5 Å². The zero-order chi connectivity index (χ0) is 20.1. The Morgan fingerprint density at radius 1 is 1.24 bits per heavy atom. The van der Waals surface area contributed by atoms with Crippen LogP contribution in [0.3, 0.4) is 0 Å². The topological polar surface area (TPSA) is 99.8 Å². The van der Waals surface area contributed by atoms with Gasteiger partial charge in [-0.2, -0.15) is 0 Å². The monoisotopic (exact) mass is 529 g/mol. The van der Waals surface area contributed by atoms with Crippen molar-refractivity contribution in [3.05, 3.63) is 59.7 Å². The first kappa shape index (κ1) is 23.4. The number of aliphatic imine (C=N–C) groups is 1. The highest BCUT2D eigenvalue weighted by atomic mass is 127. The second kappa shape index (κ2) is 10.3. The van der Waals surface area contributed by atoms with Gasteiger partial charge in [-0.25, -0.2) is 13.6 Å². The number of nitrogens with zero attached hydrogens (tertiary/aromatic N) is 2. The Labute approximate surface area is 189 Å². The largest absolute Gasteiger partial charge is 0.369 e. The zero-order valence-corrected chi connectivity index (χ0v) is 19.8. The van der Waals surface area contributed by atoms with E-state index in [4.69, 9.17) is 5.14 Å². The molecule has 158 valence electrons. The van der Waals surface area contributed by atoms with Gasteiger partial charge in [0.25, 0.3) is 0 Å². The van der Waals surface area contributed by atoms with Crippen molar-refractivity contribution >= 4 is 45.6 Å². The summed E-state index contributed by atoms with van der Waals surface area (Å²) in [5.41, 5.74) is 3.31. The molecule has 7 nitrogen and oxygen atoms in total. The minimum Gasteiger partial charge on any atom is -0.369 e. The van der Waals surface area contributed by atoms with Crippen LogP contribution in [0.4, 0.5) is 5.69 Å². The molecule has 4 N–H and O–H groups in total. The highest BCUT2D eigenvalue weighted by Gasteiger charge is 2.23. The number of primary sulfonamides is 1. The summed E-state index contributed by atoms with van der Waals surface area (Å²) >= 11 is 0. The Bertz CT molecular complexity index is 948. The summed E-state index contributed by atoms with van der Waals surface area (Å²) in [6.07, 6.45) is 1.02. The number of hydrogen-bond donors (Lipinski definition) is 3. The van der Waals surface area contributed by atoms with Crippen molar-refractivity contribution in [2.45, 2.75) is 30.8 Å². The highest BCUT2D eigenvalue weighted by Crippen LogP contribution is 2.20. The molecule has 0 spiro atoms. The smallest absolute Gasteiger partial charge is 0.238 e. The zero-order valence-electron chi connectivity index (χ0n) is 16.6. The molecule has 0 aromatic heterocycles. The first-order valence-corrected chi connectivity index (χ1v) is 10.8. The van der Waals surface area contributed by atoms with Gasteiger partial charge in [0.05, 0.1) is 4.90 Å². The summed E-state index contributed by atoms with van der Waals surface area (Å²) in [4.78, 5) is 6.75. The maximum atomic E-state index is 11.5. The number of nitrogens with two attached hydrogens (primary N) is 1. The molecule has 2 aromatic carbocycles. The molecule has 0 amide bonds. The first-order chi connectivity index (χ1) is 13.3. The van der Waals surface area contributed by atoms with Gasteiger partial charge < -0.3 is 15.5 Å². The van der Waals surface area contributed by atoms with Crippen molar-refractivity contribution < 1.29 is 8.42 Å². The number of hydrogen-bond acceptors (Lipinski definition) is 4. The molecule has 0 radical (unpaired) electrons. The lowest BCUT2D eigenvalue weighted by Crippen LogP contribution is -2.44. The summed E-state index contributed by atoms with van der Waals surface area (Å²) in [5.74, 6) is 0.691. The third-order valence-corrected chi connectivity index (χ3v) is 5.75. The fourth-order valence-electron chi connectivity index (χ4n) is 3.27. The van der Waals surface area contributed by atoms with Gasteiger partial charge in [0.15, 0.2) is 5.96 Å². The SMILES string of the molecule is CN=C(NCc1cccc(S(N)(=O)=O)c1)NC1CCN(c2ccc(C)cc2)C1.I. The van der Waals surface area contributed by atoms with Gasteiger partial charge in [-0.15, -0.1) is 24.0 Å². The molecule has 0 saturated carbocycles. The molecular formula is C20H28IN5O2S. The summed E-state index contributed by atoms with van der Waals surface area (Å²) in [7, 11) is -1.98. The predicted molar refractivity (Wildman–Crippen MR) is 128 cm³/mol. The molecule has 0 bridgehead atoms. The maximum absolute atomic E-state index is 11.5. The Hall–Kier alpha value is -1.85. The molecule has 1 fully saturated rings. The van der Waals surface area contributed by atoms with Crippen LogP contribution in [0.5, 0.6) is 0 Å². The van der Waals surface area contributed by atoms with Crippen molar-refractivity contribution in [1.82, 2.24) is 10.6 Å². The number of nitrogens with one attached hydrogen (secondary N) is 2. The first-order valence-electron chi connectivity index (χ1n) is 9.26. The van der Waals surface area contributed by atoms with Crippen LogP contribution in [0.15, 0.2) is 58.4 Å². The van der Waals surface area contributed by atoms with E-state index < -0.39 is 10.0 Å². The number of guanidine groups is 1. The van der Waals surface area contributed by atoms with Crippen LogP contribution < -0.4 is 20.7 Å². The Morgan fingerprint density at radius 2 is 1.97 bits per heavy atom. The summed E-state index contributed by atoms with van der Waals surface area (Å²) in [6.45, 7) is 4.45. The second-order valence-electron chi connectivity index (χ2n) is 7.03. The summed E-state index contributed by atoms with van der Waals surface area (Å²) in [5, 5.41) is 11.9. The molecule has 1 unspecified atom stereocenters. The molecule has 1 heterocycles.